The molecule has 9 nitrogen and oxygen atoms in total. The molecule has 190 valence electrons. The topological polar surface area (TPSA) is 119 Å². The van der Waals surface area contributed by atoms with Gasteiger partial charge in [0.15, 0.2) is 0 Å². The Labute approximate surface area is 207 Å². The van der Waals surface area contributed by atoms with Gasteiger partial charge in [-0.3, -0.25) is 9.69 Å². The van der Waals surface area contributed by atoms with Gasteiger partial charge >= 0.3 is 0 Å². The summed E-state index contributed by atoms with van der Waals surface area (Å²) in [7, 11) is 5.47. The minimum Gasteiger partial charge on any atom is -0.394 e. The Hall–Kier alpha value is -3.01. The first-order valence-corrected chi connectivity index (χ1v) is 12.0. The van der Waals surface area contributed by atoms with Crippen molar-refractivity contribution >= 4 is 22.7 Å². The lowest BCUT2D eigenvalue weighted by atomic mass is 9.95. The average molecular weight is 483 g/mol. The molecule has 9 heteroatoms. The van der Waals surface area contributed by atoms with Crippen LogP contribution in [0.15, 0.2) is 35.3 Å². The molecule has 3 rings (SSSR count). The van der Waals surface area contributed by atoms with Crippen LogP contribution in [0.2, 0.25) is 0 Å². The number of nitrogens with one attached hydrogen (secondary N) is 1. The van der Waals surface area contributed by atoms with Crippen LogP contribution in [0, 0.1) is 0 Å². The molecule has 0 amide bonds. The van der Waals surface area contributed by atoms with Crippen LogP contribution in [0.25, 0.3) is 22.0 Å². The number of hydrogen-bond acceptors (Lipinski definition) is 8. The highest BCUT2D eigenvalue weighted by Gasteiger charge is 2.24. The zero-order valence-electron chi connectivity index (χ0n) is 21.5. The maximum Gasteiger partial charge on any atom is 0.250 e. The van der Waals surface area contributed by atoms with Crippen LogP contribution < -0.4 is 16.6 Å². The number of methoxy groups -OCH3 is 1. The maximum atomic E-state index is 12.5. The van der Waals surface area contributed by atoms with E-state index >= 15 is 0 Å². The molecule has 35 heavy (non-hydrogen) atoms. The van der Waals surface area contributed by atoms with Crippen molar-refractivity contribution in [1.29, 1.82) is 0 Å². The summed E-state index contributed by atoms with van der Waals surface area (Å²) in [6, 6.07) is 7.52. The predicted molar refractivity (Wildman–Crippen MR) is 141 cm³/mol. The molecule has 2 heterocycles. The quantitative estimate of drug-likeness (QED) is 0.361. The van der Waals surface area contributed by atoms with E-state index < -0.39 is 5.54 Å². The van der Waals surface area contributed by atoms with E-state index in [0.717, 1.165) is 47.9 Å². The lowest BCUT2D eigenvalue weighted by Gasteiger charge is -2.30. The number of aromatic nitrogens is 3. The highest BCUT2D eigenvalue weighted by atomic mass is 16.5. The van der Waals surface area contributed by atoms with E-state index in [9.17, 15) is 9.90 Å². The number of ether oxygens (including phenoxy) is 1. The Balaban J connectivity index is 2.04. The van der Waals surface area contributed by atoms with Gasteiger partial charge in [-0.15, -0.1) is 0 Å². The number of benzene rings is 1. The summed E-state index contributed by atoms with van der Waals surface area (Å²) in [5.41, 5.74) is 8.90. The number of nitrogens with two attached hydrogens (primary N) is 1. The highest BCUT2D eigenvalue weighted by molar-refractivity contribution is 5.93. The SMILES string of the molecule is CCCC[C@](C)(CO)Nc1nc(N)nc2cc(-c3cc(=O)n(C)cc3CN(C)CCOC)ccc12. The molecule has 0 unspecified atom stereocenters. The lowest BCUT2D eigenvalue weighted by molar-refractivity contribution is 0.158. The zero-order valence-corrected chi connectivity index (χ0v) is 21.5. The molecule has 0 saturated heterocycles. The van der Waals surface area contributed by atoms with Gasteiger partial charge in [-0.2, -0.15) is 4.98 Å². The van der Waals surface area contributed by atoms with Crippen molar-refractivity contribution in [2.24, 2.45) is 7.05 Å². The zero-order chi connectivity index (χ0) is 25.6. The number of fused-ring (bicyclic) bond motifs is 1. The molecule has 4 N–H and O–H groups in total. The summed E-state index contributed by atoms with van der Waals surface area (Å²) >= 11 is 0. The van der Waals surface area contributed by atoms with Crippen LogP contribution in [0.1, 0.15) is 38.7 Å². The van der Waals surface area contributed by atoms with Gasteiger partial charge in [-0.25, -0.2) is 4.98 Å². The molecule has 0 bridgehead atoms. The summed E-state index contributed by atoms with van der Waals surface area (Å²) < 4.78 is 6.79. The number of unbranched alkanes of at least 4 members (excludes halogenated alkanes) is 1. The van der Waals surface area contributed by atoms with E-state index in [0.29, 0.717) is 24.5 Å². The number of hydrogen-bond donors (Lipinski definition) is 3. The minimum absolute atomic E-state index is 0.0241. The van der Waals surface area contributed by atoms with Crippen molar-refractivity contribution in [3.63, 3.8) is 0 Å². The molecule has 0 fully saturated rings. The Kier molecular flexibility index (Phi) is 8.82. The second-order valence-corrected chi connectivity index (χ2v) is 9.50. The van der Waals surface area contributed by atoms with Crippen LogP contribution in [0.3, 0.4) is 0 Å². The van der Waals surface area contributed by atoms with Crippen molar-refractivity contribution in [3.8, 4) is 11.1 Å². The summed E-state index contributed by atoms with van der Waals surface area (Å²) in [5, 5.41) is 14.2. The minimum atomic E-state index is -0.520. The van der Waals surface area contributed by atoms with E-state index in [4.69, 9.17) is 10.5 Å². The first kappa shape index (κ1) is 26.6. The summed E-state index contributed by atoms with van der Waals surface area (Å²) in [6.07, 6.45) is 4.70. The third-order valence-electron chi connectivity index (χ3n) is 6.30. The van der Waals surface area contributed by atoms with E-state index in [2.05, 4.69) is 27.1 Å². The van der Waals surface area contributed by atoms with Gasteiger partial charge in [-0.05, 0) is 49.2 Å². The molecule has 1 aromatic carbocycles. The van der Waals surface area contributed by atoms with Crippen LogP contribution >= 0.6 is 0 Å². The first-order chi connectivity index (χ1) is 16.7. The molecule has 0 saturated carbocycles. The first-order valence-electron chi connectivity index (χ1n) is 12.0. The fourth-order valence-electron chi connectivity index (χ4n) is 4.14. The van der Waals surface area contributed by atoms with Gasteiger partial charge < -0.3 is 25.5 Å². The van der Waals surface area contributed by atoms with Gasteiger partial charge in [0.2, 0.25) is 5.95 Å². The van der Waals surface area contributed by atoms with E-state index in [1.54, 1.807) is 24.8 Å². The molecular weight excluding hydrogens is 444 g/mol. The normalized spacial score (nSPS) is 13.3. The molecule has 0 radical (unpaired) electrons. The summed E-state index contributed by atoms with van der Waals surface area (Å²) in [5.74, 6) is 0.742. The van der Waals surface area contributed by atoms with Gasteiger partial charge in [0, 0.05) is 44.9 Å². The second-order valence-electron chi connectivity index (χ2n) is 9.50. The molecule has 0 aliphatic heterocycles. The number of aryl methyl sites for hydroxylation is 1. The van der Waals surface area contributed by atoms with Crippen molar-refractivity contribution in [1.82, 2.24) is 19.4 Å². The summed E-state index contributed by atoms with van der Waals surface area (Å²) in [6.45, 7) is 6.15. The van der Waals surface area contributed by atoms with Crippen LogP contribution in [-0.2, 0) is 18.3 Å². The molecule has 3 aromatic rings. The Morgan fingerprint density at radius 3 is 2.74 bits per heavy atom. The van der Waals surface area contributed by atoms with Gasteiger partial charge in [0.1, 0.15) is 5.82 Å². The van der Waals surface area contributed by atoms with Gasteiger partial charge in [0.25, 0.3) is 5.56 Å². The molecular formula is C26H38N6O3. The van der Waals surface area contributed by atoms with Crippen LogP contribution in [0.4, 0.5) is 11.8 Å². The predicted octanol–water partition coefficient (Wildman–Crippen LogP) is 3.01. The monoisotopic (exact) mass is 482 g/mol. The van der Waals surface area contributed by atoms with Crippen LogP contribution in [-0.4, -0.2) is 64.0 Å². The summed E-state index contributed by atoms with van der Waals surface area (Å²) in [4.78, 5) is 23.6. The Morgan fingerprint density at radius 2 is 2.06 bits per heavy atom. The van der Waals surface area contributed by atoms with Crippen molar-refractivity contribution in [2.45, 2.75) is 45.2 Å². The number of likely N-dealkylation sites (N-methyl/N-ethyl adjacent to an activating group) is 1. The van der Waals surface area contributed by atoms with Crippen molar-refractivity contribution in [3.05, 3.63) is 46.4 Å². The molecule has 0 aliphatic carbocycles. The molecule has 2 aromatic heterocycles. The number of nitrogen functional groups attached to an aromatic ring is 1. The number of aliphatic hydroxyl groups excluding tert-OH is 1. The Bertz CT molecular complexity index is 1210. The third kappa shape index (κ3) is 6.56. The number of aliphatic hydroxyl groups is 1. The fourth-order valence-corrected chi connectivity index (χ4v) is 4.14. The van der Waals surface area contributed by atoms with Gasteiger partial charge in [-0.1, -0.05) is 25.8 Å². The molecule has 0 aliphatic rings. The number of pyridine rings is 1. The average Bonchev–Trinajstić information content (AvgIpc) is 2.83. The number of nitrogens with zero attached hydrogens (tertiary/aromatic N) is 4. The largest absolute Gasteiger partial charge is 0.394 e. The second kappa shape index (κ2) is 11.6. The van der Waals surface area contributed by atoms with E-state index in [-0.39, 0.29) is 18.1 Å². The van der Waals surface area contributed by atoms with E-state index in [1.165, 1.54) is 0 Å². The van der Waals surface area contributed by atoms with Crippen molar-refractivity contribution < 1.29 is 9.84 Å². The van der Waals surface area contributed by atoms with Crippen LogP contribution in [0.5, 0.6) is 0 Å². The highest BCUT2D eigenvalue weighted by Crippen LogP contribution is 2.31. The van der Waals surface area contributed by atoms with Gasteiger partial charge in [0.05, 0.1) is 24.3 Å². The maximum absolute atomic E-state index is 12.5. The lowest BCUT2D eigenvalue weighted by Crippen LogP contribution is -2.39. The standard InChI is InChI=1S/C26H38N6O3/c1-6-7-10-26(2,17-33)30-24-20-9-8-18(13-22(20)28-25(27)29-24)21-14-23(34)32(4)16-19(21)15-31(3)11-12-35-5/h8-9,13-14,16,33H,6-7,10-12,15,17H2,1-5H3,(H3,27,28,29,30)/t26-/m1/s1. The third-order valence-corrected chi connectivity index (χ3v) is 6.30. The number of rotatable bonds is 12. The molecule has 1 atom stereocenters. The van der Waals surface area contributed by atoms with E-state index in [1.807, 2.05) is 38.4 Å². The Morgan fingerprint density at radius 1 is 1.29 bits per heavy atom. The smallest absolute Gasteiger partial charge is 0.250 e. The number of anilines is 2. The van der Waals surface area contributed by atoms with Crippen molar-refractivity contribution in [2.75, 3.05) is 45.0 Å². The molecule has 0 spiro atoms. The fraction of sp³-hybridized carbons (Fsp3) is 0.500.